The molecule has 3 heterocycles. The van der Waals surface area contributed by atoms with Gasteiger partial charge in [0.1, 0.15) is 23.0 Å². The molecule has 28 heavy (non-hydrogen) atoms. The minimum Gasteiger partial charge on any atom is -0.481 e. The summed E-state index contributed by atoms with van der Waals surface area (Å²) in [7, 11) is 0. The molecule has 2 aromatic heterocycles. The molecule has 10 nitrogen and oxygen atoms in total. The third-order valence-corrected chi connectivity index (χ3v) is 4.92. The van der Waals surface area contributed by atoms with Gasteiger partial charge in [0.2, 0.25) is 5.91 Å². The Morgan fingerprint density at radius 2 is 2.00 bits per heavy atom. The standard InChI is InChI=1S/C18H22N4O6/c19-16(27)12-5-4-11-6-7-21(17(11)20-12)9-18(28)10-22(8-13(18)23)14(24)2-1-3-15(25)26/h4-7,13,23,28H,1-3,8-10H2,(H2,19,27)(H,25,26)/t13-,18+/m0/s1. The Labute approximate surface area is 160 Å². The van der Waals surface area contributed by atoms with Crippen molar-refractivity contribution in [3.05, 3.63) is 30.1 Å². The molecule has 0 unspecified atom stereocenters. The highest BCUT2D eigenvalue weighted by Gasteiger charge is 2.46. The van der Waals surface area contributed by atoms with E-state index in [1.807, 2.05) is 0 Å². The zero-order chi connectivity index (χ0) is 20.5. The van der Waals surface area contributed by atoms with E-state index in [9.17, 15) is 24.6 Å². The molecule has 0 aromatic carbocycles. The van der Waals surface area contributed by atoms with Gasteiger partial charge in [-0.15, -0.1) is 0 Å². The van der Waals surface area contributed by atoms with Gasteiger partial charge < -0.3 is 30.5 Å². The highest BCUT2D eigenvalue weighted by atomic mass is 16.4. The van der Waals surface area contributed by atoms with Crippen LogP contribution >= 0.6 is 0 Å². The van der Waals surface area contributed by atoms with Crippen LogP contribution < -0.4 is 5.73 Å². The van der Waals surface area contributed by atoms with Crippen LogP contribution in [0.1, 0.15) is 29.8 Å². The maximum absolute atomic E-state index is 12.2. The Balaban J connectivity index is 1.74. The monoisotopic (exact) mass is 390 g/mol. The normalized spacial score (nSPS) is 21.9. The lowest BCUT2D eigenvalue weighted by molar-refractivity contribution is -0.137. The van der Waals surface area contributed by atoms with E-state index < -0.39 is 23.6 Å². The van der Waals surface area contributed by atoms with Crippen LogP contribution in [0.2, 0.25) is 0 Å². The largest absolute Gasteiger partial charge is 0.481 e. The quantitative estimate of drug-likeness (QED) is 0.487. The third-order valence-electron chi connectivity index (χ3n) is 4.92. The second-order valence-corrected chi connectivity index (χ2v) is 7.06. The number of amides is 2. The van der Waals surface area contributed by atoms with Gasteiger partial charge in [-0.25, -0.2) is 4.98 Å². The van der Waals surface area contributed by atoms with Crippen LogP contribution in [-0.4, -0.2) is 72.3 Å². The van der Waals surface area contributed by atoms with E-state index >= 15 is 0 Å². The van der Waals surface area contributed by atoms with E-state index in [4.69, 9.17) is 10.8 Å². The summed E-state index contributed by atoms with van der Waals surface area (Å²) in [6, 6.07) is 4.95. The number of hydrogen-bond acceptors (Lipinski definition) is 6. The van der Waals surface area contributed by atoms with Gasteiger partial charge in [-0.1, -0.05) is 0 Å². The van der Waals surface area contributed by atoms with E-state index in [1.54, 1.807) is 22.9 Å². The van der Waals surface area contributed by atoms with Crippen molar-refractivity contribution < 1.29 is 29.7 Å². The van der Waals surface area contributed by atoms with Gasteiger partial charge >= 0.3 is 5.97 Å². The number of carboxylic acids is 1. The van der Waals surface area contributed by atoms with E-state index in [0.29, 0.717) is 5.65 Å². The van der Waals surface area contributed by atoms with Crippen LogP contribution in [0.5, 0.6) is 0 Å². The van der Waals surface area contributed by atoms with E-state index in [1.165, 1.54) is 11.0 Å². The minimum atomic E-state index is -1.60. The molecule has 2 amide bonds. The summed E-state index contributed by atoms with van der Waals surface area (Å²) in [5.74, 6) is -1.97. The molecule has 1 aliphatic rings. The van der Waals surface area contributed by atoms with E-state index in [2.05, 4.69) is 4.98 Å². The van der Waals surface area contributed by atoms with Crippen LogP contribution in [-0.2, 0) is 16.1 Å². The van der Waals surface area contributed by atoms with E-state index in [-0.39, 0.29) is 50.5 Å². The van der Waals surface area contributed by atoms with Gasteiger partial charge in [0.05, 0.1) is 13.1 Å². The van der Waals surface area contributed by atoms with Crippen LogP contribution in [0.25, 0.3) is 11.0 Å². The molecule has 1 saturated heterocycles. The molecular formula is C18H22N4O6. The van der Waals surface area contributed by atoms with Crippen LogP contribution in [0.3, 0.4) is 0 Å². The smallest absolute Gasteiger partial charge is 0.303 e. The molecule has 10 heteroatoms. The first-order valence-electron chi connectivity index (χ1n) is 8.85. The number of aliphatic hydroxyl groups is 2. The molecule has 0 aliphatic carbocycles. The Morgan fingerprint density at radius 1 is 1.25 bits per heavy atom. The van der Waals surface area contributed by atoms with Gasteiger partial charge in [-0.3, -0.25) is 14.4 Å². The maximum atomic E-state index is 12.2. The van der Waals surface area contributed by atoms with Crippen molar-refractivity contribution in [1.82, 2.24) is 14.5 Å². The van der Waals surface area contributed by atoms with Crippen molar-refractivity contribution in [2.75, 3.05) is 13.1 Å². The molecule has 5 N–H and O–H groups in total. The second kappa shape index (κ2) is 7.56. The van der Waals surface area contributed by atoms with Crippen LogP contribution in [0.4, 0.5) is 0 Å². The Bertz CT molecular complexity index is 926. The van der Waals surface area contributed by atoms with Gasteiger partial charge in [-0.2, -0.15) is 0 Å². The summed E-state index contributed by atoms with van der Waals surface area (Å²) < 4.78 is 1.60. The summed E-state index contributed by atoms with van der Waals surface area (Å²) in [6.07, 6.45) is 0.611. The topological polar surface area (TPSA) is 159 Å². The van der Waals surface area contributed by atoms with Gasteiger partial charge in [0.15, 0.2) is 0 Å². The number of carbonyl (C=O) groups is 3. The first-order valence-corrected chi connectivity index (χ1v) is 8.85. The lowest BCUT2D eigenvalue weighted by atomic mass is 10.0. The highest BCUT2D eigenvalue weighted by Crippen LogP contribution is 2.27. The number of aromatic nitrogens is 2. The SMILES string of the molecule is NC(=O)c1ccc2ccn(C[C@@]3(O)CN(C(=O)CCCC(=O)O)C[C@@H]3O)c2n1. The number of primary amides is 1. The summed E-state index contributed by atoms with van der Waals surface area (Å²) in [6.45, 7) is -0.164. The summed E-state index contributed by atoms with van der Waals surface area (Å²) in [5, 5.41) is 30.7. The first-order chi connectivity index (χ1) is 13.2. The lowest BCUT2D eigenvalue weighted by Gasteiger charge is -2.26. The first kappa shape index (κ1) is 19.8. The Kier molecular flexibility index (Phi) is 5.34. The van der Waals surface area contributed by atoms with Crippen molar-refractivity contribution in [3.63, 3.8) is 0 Å². The molecule has 0 saturated carbocycles. The van der Waals surface area contributed by atoms with Crippen molar-refractivity contribution >= 4 is 28.8 Å². The van der Waals surface area contributed by atoms with Gasteiger partial charge in [-0.05, 0) is 24.6 Å². The lowest BCUT2D eigenvalue weighted by Crippen LogP contribution is -2.45. The van der Waals surface area contributed by atoms with Gasteiger partial charge in [0.25, 0.3) is 5.91 Å². The predicted molar refractivity (Wildman–Crippen MR) is 97.3 cm³/mol. The highest BCUT2D eigenvalue weighted by molar-refractivity contribution is 5.93. The number of likely N-dealkylation sites (tertiary alicyclic amines) is 1. The number of rotatable bonds is 7. The number of hydrogen-bond donors (Lipinski definition) is 4. The van der Waals surface area contributed by atoms with Crippen LogP contribution in [0.15, 0.2) is 24.4 Å². The number of carbonyl (C=O) groups excluding carboxylic acids is 2. The average molecular weight is 390 g/mol. The molecule has 2 atom stereocenters. The van der Waals surface area contributed by atoms with E-state index in [0.717, 1.165) is 5.39 Å². The average Bonchev–Trinajstić information content (AvgIpc) is 3.15. The number of pyridine rings is 1. The molecule has 0 spiro atoms. The molecule has 2 aromatic rings. The summed E-state index contributed by atoms with van der Waals surface area (Å²) in [4.78, 5) is 39.7. The fraction of sp³-hybridized carbons (Fsp3) is 0.444. The molecule has 0 bridgehead atoms. The number of nitrogens with two attached hydrogens (primary N) is 1. The molecule has 150 valence electrons. The molecule has 1 aliphatic heterocycles. The van der Waals surface area contributed by atoms with Crippen molar-refractivity contribution in [3.8, 4) is 0 Å². The minimum absolute atomic E-state index is 0.0328. The zero-order valence-corrected chi connectivity index (χ0v) is 15.1. The maximum Gasteiger partial charge on any atom is 0.303 e. The van der Waals surface area contributed by atoms with Gasteiger partial charge in [0, 0.05) is 31.0 Å². The molecule has 3 rings (SSSR count). The second-order valence-electron chi connectivity index (χ2n) is 7.06. The predicted octanol–water partition coefficient (Wildman–Crippen LogP) is -0.676. The fourth-order valence-corrected chi connectivity index (χ4v) is 3.39. The fourth-order valence-electron chi connectivity index (χ4n) is 3.39. The van der Waals surface area contributed by atoms with Crippen molar-refractivity contribution in [2.24, 2.45) is 5.73 Å². The Hall–Kier alpha value is -2.98. The number of carboxylic acid groups (broad SMARTS) is 1. The number of nitrogens with zero attached hydrogens (tertiary/aromatic N) is 3. The van der Waals surface area contributed by atoms with Crippen LogP contribution in [0, 0.1) is 0 Å². The number of aliphatic carboxylic acids is 1. The summed E-state index contributed by atoms with van der Waals surface area (Å²) in [5.41, 5.74) is 4.18. The zero-order valence-electron chi connectivity index (χ0n) is 15.1. The van der Waals surface area contributed by atoms with Crippen molar-refractivity contribution in [2.45, 2.75) is 37.5 Å². The number of β-amino-alcohol motifs (C(OH)–C–C–N with tert-alkyl or cyclic N) is 2. The number of fused-ring (bicyclic) bond motifs is 1. The molecule has 0 radical (unpaired) electrons. The summed E-state index contributed by atoms with van der Waals surface area (Å²) >= 11 is 0. The Morgan fingerprint density at radius 3 is 2.68 bits per heavy atom. The molecular weight excluding hydrogens is 368 g/mol. The molecule has 1 fully saturated rings. The number of aliphatic hydroxyl groups excluding tert-OH is 1. The van der Waals surface area contributed by atoms with Crippen molar-refractivity contribution in [1.29, 1.82) is 0 Å². The third kappa shape index (κ3) is 3.97.